The van der Waals surface area contributed by atoms with Crippen LogP contribution < -0.4 is 10.0 Å². The second kappa shape index (κ2) is 5.73. The molecule has 18 heavy (non-hydrogen) atoms. The Bertz CT molecular complexity index is 480. The molecule has 100 valence electrons. The number of nitrogens with one attached hydrogen (secondary N) is 2. The predicted molar refractivity (Wildman–Crippen MR) is 67.6 cm³/mol. The molecule has 1 aromatic heterocycles. The zero-order valence-electron chi connectivity index (χ0n) is 10.4. The van der Waals surface area contributed by atoms with Crippen molar-refractivity contribution >= 4 is 10.0 Å². The number of aryl methyl sites for hydroxylation is 1. The Kier molecular flexibility index (Phi) is 4.26. The maximum atomic E-state index is 12.0. The van der Waals surface area contributed by atoms with E-state index >= 15 is 0 Å². The van der Waals surface area contributed by atoms with Crippen molar-refractivity contribution in [1.29, 1.82) is 0 Å². The summed E-state index contributed by atoms with van der Waals surface area (Å²) >= 11 is 0. The molecule has 7 heteroatoms. The summed E-state index contributed by atoms with van der Waals surface area (Å²) in [5, 5.41) is 10.7. The van der Waals surface area contributed by atoms with Crippen LogP contribution in [-0.2, 0) is 10.0 Å². The first-order chi connectivity index (χ1) is 8.58. The van der Waals surface area contributed by atoms with E-state index in [1.807, 2.05) is 0 Å². The Morgan fingerprint density at radius 2 is 2.28 bits per heavy atom. The number of hydrogen-bond acceptors (Lipinski definition) is 5. The third-order valence-electron chi connectivity index (χ3n) is 3.01. The third-order valence-corrected chi connectivity index (χ3v) is 4.32. The van der Waals surface area contributed by atoms with Crippen molar-refractivity contribution in [1.82, 2.24) is 20.2 Å². The molecule has 0 radical (unpaired) electrons. The van der Waals surface area contributed by atoms with Crippen LogP contribution in [0.25, 0.3) is 0 Å². The summed E-state index contributed by atoms with van der Waals surface area (Å²) in [6, 6.07) is 3.12. The van der Waals surface area contributed by atoms with Crippen molar-refractivity contribution in [2.45, 2.75) is 24.8 Å². The van der Waals surface area contributed by atoms with E-state index in [4.69, 9.17) is 0 Å². The Hall–Kier alpha value is -1.05. The van der Waals surface area contributed by atoms with E-state index in [-0.39, 0.29) is 5.03 Å². The van der Waals surface area contributed by atoms with Crippen molar-refractivity contribution in [2.24, 2.45) is 5.92 Å². The number of sulfonamides is 1. The largest absolute Gasteiger partial charge is 0.316 e. The Balaban J connectivity index is 1.96. The minimum absolute atomic E-state index is 0.0168. The second-order valence-electron chi connectivity index (χ2n) is 4.58. The van der Waals surface area contributed by atoms with Gasteiger partial charge in [-0.3, -0.25) is 0 Å². The quantitative estimate of drug-likeness (QED) is 0.808. The maximum Gasteiger partial charge on any atom is 0.259 e. The number of aromatic nitrogens is 2. The van der Waals surface area contributed by atoms with Gasteiger partial charge in [-0.1, -0.05) is 0 Å². The van der Waals surface area contributed by atoms with Gasteiger partial charge in [0.05, 0.1) is 5.69 Å². The van der Waals surface area contributed by atoms with Gasteiger partial charge in [0.25, 0.3) is 10.0 Å². The molecule has 0 aromatic carbocycles. The van der Waals surface area contributed by atoms with Crippen LogP contribution in [0.15, 0.2) is 17.2 Å². The molecule has 2 N–H and O–H groups in total. The first kappa shape index (κ1) is 13.4. The lowest BCUT2D eigenvalue weighted by Crippen LogP contribution is -2.38. The minimum atomic E-state index is -3.53. The Labute approximate surface area is 107 Å². The molecule has 0 spiro atoms. The summed E-state index contributed by atoms with van der Waals surface area (Å²) in [6.45, 7) is 4.10. The standard InChI is InChI=1S/C11H18N4O2S/c1-9-4-5-11(15-14-9)18(16,17)13-8-10-3-2-6-12-7-10/h4-5,10,12-13H,2-3,6-8H2,1H3/t10-/m1/s1. The van der Waals surface area contributed by atoms with Gasteiger partial charge in [-0.05, 0) is 50.9 Å². The molecular weight excluding hydrogens is 252 g/mol. The number of nitrogens with zero attached hydrogens (tertiary/aromatic N) is 2. The third kappa shape index (κ3) is 3.47. The van der Waals surface area contributed by atoms with Crippen LogP contribution in [0.1, 0.15) is 18.5 Å². The maximum absolute atomic E-state index is 12.0. The highest BCUT2D eigenvalue weighted by atomic mass is 32.2. The zero-order chi connectivity index (χ0) is 13.0. The summed E-state index contributed by atoms with van der Waals surface area (Å²) in [5.41, 5.74) is 0.699. The van der Waals surface area contributed by atoms with Gasteiger partial charge < -0.3 is 5.32 Å². The molecule has 1 fully saturated rings. The topological polar surface area (TPSA) is 84.0 Å². The zero-order valence-corrected chi connectivity index (χ0v) is 11.2. The van der Waals surface area contributed by atoms with Crippen molar-refractivity contribution in [3.05, 3.63) is 17.8 Å². The molecule has 1 aliphatic heterocycles. The molecule has 0 unspecified atom stereocenters. The van der Waals surface area contributed by atoms with Gasteiger partial charge in [-0.25, -0.2) is 13.1 Å². The van der Waals surface area contributed by atoms with Gasteiger partial charge in [-0.15, -0.1) is 5.10 Å². The molecule has 2 heterocycles. The number of rotatable bonds is 4. The van der Waals surface area contributed by atoms with E-state index in [0.717, 1.165) is 25.9 Å². The lowest BCUT2D eigenvalue weighted by molar-refractivity contribution is 0.375. The van der Waals surface area contributed by atoms with Gasteiger partial charge in [0.15, 0.2) is 5.03 Å². The monoisotopic (exact) mass is 270 g/mol. The number of hydrogen-bond donors (Lipinski definition) is 2. The van der Waals surface area contributed by atoms with Crippen molar-refractivity contribution < 1.29 is 8.42 Å². The van der Waals surface area contributed by atoms with E-state index in [0.29, 0.717) is 18.2 Å². The molecule has 0 aliphatic carbocycles. The highest BCUT2D eigenvalue weighted by molar-refractivity contribution is 7.89. The first-order valence-electron chi connectivity index (χ1n) is 6.08. The fourth-order valence-corrected chi connectivity index (χ4v) is 2.93. The van der Waals surface area contributed by atoms with Crippen LogP contribution in [0.3, 0.4) is 0 Å². The van der Waals surface area contributed by atoms with Crippen molar-refractivity contribution in [3.8, 4) is 0 Å². The fraction of sp³-hybridized carbons (Fsp3) is 0.636. The SMILES string of the molecule is Cc1ccc(S(=O)(=O)NC[C@@H]2CCCNC2)nn1. The lowest BCUT2D eigenvalue weighted by atomic mass is 10.0. The van der Waals surface area contributed by atoms with E-state index in [9.17, 15) is 8.42 Å². The Morgan fingerprint density at radius 1 is 1.44 bits per heavy atom. The average Bonchev–Trinajstić information content (AvgIpc) is 2.38. The van der Waals surface area contributed by atoms with E-state index in [2.05, 4.69) is 20.2 Å². The molecule has 1 aliphatic rings. The smallest absolute Gasteiger partial charge is 0.259 e. The van der Waals surface area contributed by atoms with Crippen molar-refractivity contribution in [2.75, 3.05) is 19.6 Å². The van der Waals surface area contributed by atoms with Gasteiger partial charge in [-0.2, -0.15) is 5.10 Å². The lowest BCUT2D eigenvalue weighted by Gasteiger charge is -2.22. The van der Waals surface area contributed by atoms with Crippen LogP contribution >= 0.6 is 0 Å². The van der Waals surface area contributed by atoms with Gasteiger partial charge in [0.2, 0.25) is 0 Å². The van der Waals surface area contributed by atoms with Crippen LogP contribution in [0, 0.1) is 12.8 Å². The van der Waals surface area contributed by atoms with Gasteiger partial charge in [0.1, 0.15) is 0 Å². The minimum Gasteiger partial charge on any atom is -0.316 e. The summed E-state index contributed by atoms with van der Waals surface area (Å²) in [5.74, 6) is 0.354. The first-order valence-corrected chi connectivity index (χ1v) is 7.57. The summed E-state index contributed by atoms with van der Waals surface area (Å²) < 4.78 is 26.5. The normalized spacial score (nSPS) is 20.8. The molecule has 0 amide bonds. The highest BCUT2D eigenvalue weighted by Gasteiger charge is 2.19. The van der Waals surface area contributed by atoms with E-state index < -0.39 is 10.0 Å². The molecule has 2 rings (SSSR count). The second-order valence-corrected chi connectivity index (χ2v) is 6.29. The molecule has 6 nitrogen and oxygen atoms in total. The fourth-order valence-electron chi connectivity index (χ4n) is 1.93. The summed E-state index contributed by atoms with van der Waals surface area (Å²) in [6.07, 6.45) is 2.14. The van der Waals surface area contributed by atoms with Gasteiger partial charge in [0, 0.05) is 6.54 Å². The Morgan fingerprint density at radius 3 is 2.89 bits per heavy atom. The molecule has 1 atom stereocenters. The molecule has 0 bridgehead atoms. The number of piperidine rings is 1. The molecule has 1 saturated heterocycles. The van der Waals surface area contributed by atoms with E-state index in [1.165, 1.54) is 6.07 Å². The van der Waals surface area contributed by atoms with Crippen LogP contribution in [0.5, 0.6) is 0 Å². The summed E-state index contributed by atoms with van der Waals surface area (Å²) in [4.78, 5) is 0. The van der Waals surface area contributed by atoms with E-state index in [1.54, 1.807) is 13.0 Å². The van der Waals surface area contributed by atoms with Gasteiger partial charge >= 0.3 is 0 Å². The van der Waals surface area contributed by atoms with Crippen LogP contribution in [0.4, 0.5) is 0 Å². The molecular formula is C11H18N4O2S. The highest BCUT2D eigenvalue weighted by Crippen LogP contribution is 2.10. The molecule has 1 aromatic rings. The predicted octanol–water partition coefficient (Wildman–Crippen LogP) is 0.0629. The summed E-state index contributed by atoms with van der Waals surface area (Å²) in [7, 11) is -3.53. The molecule has 0 saturated carbocycles. The van der Waals surface area contributed by atoms with Crippen LogP contribution in [-0.4, -0.2) is 38.2 Å². The van der Waals surface area contributed by atoms with Crippen LogP contribution in [0.2, 0.25) is 0 Å². The van der Waals surface area contributed by atoms with Crippen molar-refractivity contribution in [3.63, 3.8) is 0 Å². The average molecular weight is 270 g/mol.